The topological polar surface area (TPSA) is 35.2 Å². The fourth-order valence-electron chi connectivity index (χ4n) is 1.63. The van der Waals surface area contributed by atoms with Gasteiger partial charge in [-0.25, -0.2) is 0 Å². The maximum atomic E-state index is 5.82. The van der Waals surface area contributed by atoms with Crippen LogP contribution in [0.15, 0.2) is 46.9 Å². The average Bonchev–Trinajstić information content (AvgIpc) is 2.30. The Balaban J connectivity index is 1.90. The second-order valence-electron chi connectivity index (χ2n) is 4.01. The number of ether oxygens (including phenoxy) is 1. The van der Waals surface area contributed by atoms with Crippen LogP contribution in [0.25, 0.3) is 0 Å². The van der Waals surface area contributed by atoms with Gasteiger partial charge in [-0.3, -0.25) is 0 Å². The van der Waals surface area contributed by atoms with Crippen LogP contribution in [0, 0.1) is 0 Å². The number of halogens is 2. The van der Waals surface area contributed by atoms with Gasteiger partial charge in [0.25, 0.3) is 0 Å². The van der Waals surface area contributed by atoms with Crippen molar-refractivity contribution in [2.75, 3.05) is 5.73 Å². The summed E-state index contributed by atoms with van der Waals surface area (Å²) in [5.41, 5.74) is 8.64. The Morgan fingerprint density at radius 2 is 1.67 bits per heavy atom. The lowest BCUT2D eigenvalue weighted by Gasteiger charge is -2.06. The van der Waals surface area contributed by atoms with Crippen LogP contribution < -0.4 is 5.73 Å². The first-order valence-electron chi connectivity index (χ1n) is 5.50. The highest BCUT2D eigenvalue weighted by Crippen LogP contribution is 2.18. The first-order chi connectivity index (χ1) is 8.63. The van der Waals surface area contributed by atoms with Crippen LogP contribution in [0.5, 0.6) is 0 Å². The molecule has 0 saturated carbocycles. The molecule has 2 rings (SSSR count). The van der Waals surface area contributed by atoms with E-state index in [0.717, 1.165) is 26.3 Å². The molecule has 2 aromatic carbocycles. The lowest BCUT2D eigenvalue weighted by Crippen LogP contribution is -1.95. The molecule has 0 fully saturated rings. The quantitative estimate of drug-likeness (QED) is 0.845. The molecule has 2 aromatic rings. The van der Waals surface area contributed by atoms with Crippen molar-refractivity contribution < 1.29 is 4.74 Å². The van der Waals surface area contributed by atoms with Gasteiger partial charge in [0.2, 0.25) is 0 Å². The minimum Gasteiger partial charge on any atom is -0.399 e. The number of benzene rings is 2. The van der Waals surface area contributed by atoms with Gasteiger partial charge < -0.3 is 10.5 Å². The van der Waals surface area contributed by atoms with Crippen molar-refractivity contribution in [2.45, 2.75) is 13.2 Å². The molecule has 0 unspecified atom stereocenters. The second kappa shape index (κ2) is 6.23. The largest absolute Gasteiger partial charge is 0.399 e. The lowest BCUT2D eigenvalue weighted by atomic mass is 10.2. The smallest absolute Gasteiger partial charge is 0.0722 e. The van der Waals surface area contributed by atoms with Gasteiger partial charge in [-0.1, -0.05) is 39.7 Å². The molecule has 0 bridgehead atoms. The molecule has 0 aromatic heterocycles. The fourth-order valence-corrected chi connectivity index (χ4v) is 2.31. The summed E-state index contributed by atoms with van der Waals surface area (Å²) in [6.07, 6.45) is 0. The average molecular weight is 327 g/mol. The van der Waals surface area contributed by atoms with Crippen molar-refractivity contribution in [3.8, 4) is 0 Å². The van der Waals surface area contributed by atoms with Gasteiger partial charge in [-0.2, -0.15) is 0 Å². The number of hydrogen-bond acceptors (Lipinski definition) is 2. The van der Waals surface area contributed by atoms with Crippen LogP contribution in [0.4, 0.5) is 5.69 Å². The zero-order valence-electron chi connectivity index (χ0n) is 9.70. The van der Waals surface area contributed by atoms with E-state index in [4.69, 9.17) is 22.1 Å². The molecular formula is C14H13BrClNO. The van der Waals surface area contributed by atoms with Gasteiger partial charge in [0, 0.05) is 15.2 Å². The maximum absolute atomic E-state index is 5.82. The Morgan fingerprint density at radius 3 is 2.33 bits per heavy atom. The SMILES string of the molecule is Nc1cc(Br)cc(COCc2ccc(Cl)cc2)c1. The van der Waals surface area contributed by atoms with Crippen LogP contribution >= 0.6 is 27.5 Å². The summed E-state index contributed by atoms with van der Waals surface area (Å²) in [6, 6.07) is 13.4. The monoisotopic (exact) mass is 325 g/mol. The second-order valence-corrected chi connectivity index (χ2v) is 5.36. The van der Waals surface area contributed by atoms with E-state index in [0.29, 0.717) is 13.2 Å². The molecule has 0 heterocycles. The Labute approximate surface area is 120 Å². The number of nitrogens with two attached hydrogens (primary N) is 1. The van der Waals surface area contributed by atoms with E-state index in [9.17, 15) is 0 Å². The molecule has 94 valence electrons. The predicted molar refractivity (Wildman–Crippen MR) is 78.5 cm³/mol. The van der Waals surface area contributed by atoms with Crippen LogP contribution in [0.2, 0.25) is 5.02 Å². The van der Waals surface area contributed by atoms with E-state index in [1.807, 2.05) is 42.5 Å². The van der Waals surface area contributed by atoms with Gasteiger partial charge in [-0.15, -0.1) is 0 Å². The van der Waals surface area contributed by atoms with E-state index < -0.39 is 0 Å². The third-order valence-electron chi connectivity index (χ3n) is 2.43. The molecule has 18 heavy (non-hydrogen) atoms. The summed E-state index contributed by atoms with van der Waals surface area (Å²) in [5, 5.41) is 0.735. The molecule has 0 saturated heterocycles. The van der Waals surface area contributed by atoms with Crippen LogP contribution in [-0.2, 0) is 18.0 Å². The molecule has 0 aliphatic heterocycles. The number of rotatable bonds is 4. The highest BCUT2D eigenvalue weighted by molar-refractivity contribution is 9.10. The maximum Gasteiger partial charge on any atom is 0.0722 e. The van der Waals surface area contributed by atoms with Gasteiger partial charge in [0.15, 0.2) is 0 Å². The fraction of sp³-hybridized carbons (Fsp3) is 0.143. The standard InChI is InChI=1S/C14H13BrClNO/c15-12-5-11(6-14(17)7-12)9-18-8-10-1-3-13(16)4-2-10/h1-7H,8-9,17H2. The Bertz CT molecular complexity index is 508. The van der Waals surface area contributed by atoms with Gasteiger partial charge in [0.05, 0.1) is 13.2 Å². The summed E-state index contributed by atoms with van der Waals surface area (Å²) >= 11 is 9.22. The summed E-state index contributed by atoms with van der Waals surface area (Å²) in [5.74, 6) is 0. The van der Waals surface area contributed by atoms with Crippen molar-refractivity contribution in [2.24, 2.45) is 0 Å². The number of anilines is 1. The van der Waals surface area contributed by atoms with Gasteiger partial charge in [-0.05, 0) is 41.5 Å². The summed E-state index contributed by atoms with van der Waals surface area (Å²) in [7, 11) is 0. The molecule has 0 amide bonds. The minimum absolute atomic E-state index is 0.534. The normalized spacial score (nSPS) is 10.6. The molecular weight excluding hydrogens is 314 g/mol. The highest BCUT2D eigenvalue weighted by Gasteiger charge is 1.99. The first-order valence-corrected chi connectivity index (χ1v) is 6.68. The zero-order valence-corrected chi connectivity index (χ0v) is 12.0. The van der Waals surface area contributed by atoms with Crippen molar-refractivity contribution in [1.82, 2.24) is 0 Å². The first kappa shape index (κ1) is 13.4. The van der Waals surface area contributed by atoms with E-state index in [1.54, 1.807) is 0 Å². The predicted octanol–water partition coefficient (Wildman–Crippen LogP) is 4.40. The molecule has 0 spiro atoms. The van der Waals surface area contributed by atoms with Gasteiger partial charge in [0.1, 0.15) is 0 Å². The highest BCUT2D eigenvalue weighted by atomic mass is 79.9. The molecule has 0 aliphatic carbocycles. The Morgan fingerprint density at radius 1 is 1.00 bits per heavy atom. The number of nitrogen functional groups attached to an aromatic ring is 1. The number of hydrogen-bond donors (Lipinski definition) is 1. The van der Waals surface area contributed by atoms with E-state index in [2.05, 4.69) is 15.9 Å². The van der Waals surface area contributed by atoms with Crippen molar-refractivity contribution >= 4 is 33.2 Å². The Kier molecular flexibility index (Phi) is 4.64. The summed E-state index contributed by atoms with van der Waals surface area (Å²) in [6.45, 7) is 1.09. The summed E-state index contributed by atoms with van der Waals surface area (Å²) < 4.78 is 6.60. The lowest BCUT2D eigenvalue weighted by molar-refractivity contribution is 0.107. The van der Waals surface area contributed by atoms with Crippen molar-refractivity contribution in [3.63, 3.8) is 0 Å². The van der Waals surface area contributed by atoms with Crippen LogP contribution in [-0.4, -0.2) is 0 Å². The minimum atomic E-state index is 0.534. The van der Waals surface area contributed by atoms with Gasteiger partial charge >= 0.3 is 0 Å². The van der Waals surface area contributed by atoms with E-state index in [-0.39, 0.29) is 0 Å². The third-order valence-corrected chi connectivity index (χ3v) is 3.14. The van der Waals surface area contributed by atoms with Crippen LogP contribution in [0.1, 0.15) is 11.1 Å². The molecule has 0 aliphatic rings. The Hall–Kier alpha value is -1.03. The molecule has 0 atom stereocenters. The van der Waals surface area contributed by atoms with Crippen molar-refractivity contribution in [1.29, 1.82) is 0 Å². The zero-order chi connectivity index (χ0) is 13.0. The molecule has 4 heteroatoms. The summed E-state index contributed by atoms with van der Waals surface area (Å²) in [4.78, 5) is 0. The van der Waals surface area contributed by atoms with Crippen molar-refractivity contribution in [3.05, 3.63) is 63.1 Å². The van der Waals surface area contributed by atoms with E-state index in [1.165, 1.54) is 0 Å². The van der Waals surface area contributed by atoms with Crippen LogP contribution in [0.3, 0.4) is 0 Å². The third kappa shape index (κ3) is 4.02. The molecule has 2 N–H and O–H groups in total. The van der Waals surface area contributed by atoms with E-state index >= 15 is 0 Å². The molecule has 2 nitrogen and oxygen atoms in total. The molecule has 0 radical (unpaired) electrons.